The number of rotatable bonds is 6. The highest BCUT2D eigenvalue weighted by Gasteiger charge is 2.29. The summed E-state index contributed by atoms with van der Waals surface area (Å²) in [6.07, 6.45) is -3.44. The Morgan fingerprint density at radius 2 is 2.15 bits per heavy atom. The molecule has 1 saturated heterocycles. The third-order valence-electron chi connectivity index (χ3n) is 3.45. The number of nitrogens with one attached hydrogen (secondary N) is 1. The number of halogens is 3. The molecule has 0 aromatic heterocycles. The molecule has 0 aliphatic carbocycles. The first-order chi connectivity index (χ1) is 9.33. The Morgan fingerprint density at radius 3 is 2.70 bits per heavy atom. The largest absolute Gasteiger partial charge is 0.411 e. The Morgan fingerprint density at radius 1 is 1.45 bits per heavy atom. The molecule has 0 spiro atoms. The second-order valence-corrected chi connectivity index (χ2v) is 5.19. The predicted molar refractivity (Wildman–Crippen MR) is 69.3 cm³/mol. The quantitative estimate of drug-likeness (QED) is 0.760. The fraction of sp³-hybridized carbons (Fsp3) is 0.923. The zero-order valence-electron chi connectivity index (χ0n) is 12.0. The molecule has 0 aromatic carbocycles. The average Bonchev–Trinajstić information content (AvgIpc) is 2.36. The van der Waals surface area contributed by atoms with Crippen molar-refractivity contribution >= 4 is 5.91 Å². The lowest BCUT2D eigenvalue weighted by atomic mass is 9.93. The van der Waals surface area contributed by atoms with Crippen molar-refractivity contribution < 1.29 is 22.7 Å². The van der Waals surface area contributed by atoms with Crippen molar-refractivity contribution in [3.8, 4) is 0 Å². The molecule has 1 rings (SSSR count). The minimum atomic E-state index is -4.33. The zero-order chi connectivity index (χ0) is 15.2. The third kappa shape index (κ3) is 6.09. The maximum atomic E-state index is 11.9. The van der Waals surface area contributed by atoms with Gasteiger partial charge in [0.15, 0.2) is 0 Å². The molecule has 0 saturated carbocycles. The van der Waals surface area contributed by atoms with Gasteiger partial charge in [-0.05, 0) is 18.9 Å². The summed E-state index contributed by atoms with van der Waals surface area (Å²) in [4.78, 5) is 13.6. The Kier molecular flexibility index (Phi) is 6.75. The van der Waals surface area contributed by atoms with Crippen molar-refractivity contribution in [3.05, 3.63) is 0 Å². The van der Waals surface area contributed by atoms with Crippen LogP contribution in [0, 0.1) is 5.92 Å². The highest BCUT2D eigenvalue weighted by atomic mass is 19.4. The highest BCUT2D eigenvalue weighted by molar-refractivity contribution is 5.76. The van der Waals surface area contributed by atoms with Crippen LogP contribution in [0.4, 0.5) is 13.2 Å². The zero-order valence-corrected chi connectivity index (χ0v) is 12.0. The molecule has 7 heteroatoms. The van der Waals surface area contributed by atoms with Gasteiger partial charge in [0.25, 0.3) is 0 Å². The third-order valence-corrected chi connectivity index (χ3v) is 3.45. The van der Waals surface area contributed by atoms with E-state index in [1.165, 1.54) is 0 Å². The monoisotopic (exact) mass is 296 g/mol. The average molecular weight is 296 g/mol. The molecule has 118 valence electrons. The lowest BCUT2D eigenvalue weighted by Crippen LogP contribution is -2.50. The summed E-state index contributed by atoms with van der Waals surface area (Å²) >= 11 is 0. The van der Waals surface area contributed by atoms with Crippen molar-refractivity contribution in [2.24, 2.45) is 5.92 Å². The molecule has 0 radical (unpaired) electrons. The molecule has 2 atom stereocenters. The molecule has 2 unspecified atom stereocenters. The van der Waals surface area contributed by atoms with Crippen LogP contribution in [0.25, 0.3) is 0 Å². The summed E-state index contributed by atoms with van der Waals surface area (Å²) in [5, 5.41) is 3.37. The summed E-state index contributed by atoms with van der Waals surface area (Å²) in [5.74, 6) is 0.220. The number of carbonyl (C=O) groups excluding carboxylic acids is 1. The van der Waals surface area contributed by atoms with Crippen LogP contribution in [0.5, 0.6) is 0 Å². The molecular formula is C13H23F3N2O2. The van der Waals surface area contributed by atoms with E-state index in [9.17, 15) is 18.0 Å². The van der Waals surface area contributed by atoms with Gasteiger partial charge in [-0.25, -0.2) is 0 Å². The van der Waals surface area contributed by atoms with E-state index in [-0.39, 0.29) is 18.9 Å². The summed E-state index contributed by atoms with van der Waals surface area (Å²) in [5.41, 5.74) is 0. The van der Waals surface area contributed by atoms with Crippen LogP contribution >= 0.6 is 0 Å². The molecule has 0 aromatic rings. The lowest BCUT2D eigenvalue weighted by Gasteiger charge is -2.37. The fourth-order valence-corrected chi connectivity index (χ4v) is 2.44. The van der Waals surface area contributed by atoms with Crippen LogP contribution in [0.1, 0.15) is 26.7 Å². The number of ether oxygens (including phenoxy) is 1. The minimum absolute atomic E-state index is 0.00860. The van der Waals surface area contributed by atoms with Crippen molar-refractivity contribution in [2.75, 3.05) is 32.8 Å². The summed E-state index contributed by atoms with van der Waals surface area (Å²) in [6.45, 7) is 4.85. The first kappa shape index (κ1) is 17.2. The fourth-order valence-electron chi connectivity index (χ4n) is 2.44. The van der Waals surface area contributed by atoms with Gasteiger partial charge in [0.2, 0.25) is 5.91 Å². The van der Waals surface area contributed by atoms with E-state index in [0.29, 0.717) is 25.0 Å². The van der Waals surface area contributed by atoms with Crippen LogP contribution in [0.3, 0.4) is 0 Å². The number of nitrogens with zero attached hydrogens (tertiary/aromatic N) is 1. The Labute approximate surface area is 117 Å². The van der Waals surface area contributed by atoms with Gasteiger partial charge >= 0.3 is 6.18 Å². The molecule has 4 nitrogen and oxygen atoms in total. The van der Waals surface area contributed by atoms with Crippen LogP contribution in [0.15, 0.2) is 0 Å². The maximum Gasteiger partial charge on any atom is 0.411 e. The summed E-state index contributed by atoms with van der Waals surface area (Å²) < 4.78 is 40.1. The van der Waals surface area contributed by atoms with Gasteiger partial charge in [0, 0.05) is 19.1 Å². The smallest absolute Gasteiger partial charge is 0.372 e. The number of amides is 1. The van der Waals surface area contributed by atoms with E-state index in [2.05, 4.69) is 17.0 Å². The summed E-state index contributed by atoms with van der Waals surface area (Å²) in [7, 11) is 0. The Hall–Kier alpha value is -0.820. The number of alkyl halides is 3. The SMILES string of the molecule is CCNC1CCN(C(=O)CCOCC(F)(F)F)CC1C. The van der Waals surface area contributed by atoms with Crippen LogP contribution in [-0.4, -0.2) is 55.9 Å². The van der Waals surface area contributed by atoms with Crippen molar-refractivity contribution in [1.82, 2.24) is 10.2 Å². The van der Waals surface area contributed by atoms with Crippen molar-refractivity contribution in [2.45, 2.75) is 38.9 Å². The van der Waals surface area contributed by atoms with Gasteiger partial charge in [-0.3, -0.25) is 4.79 Å². The van der Waals surface area contributed by atoms with Gasteiger partial charge in [-0.15, -0.1) is 0 Å². The van der Waals surface area contributed by atoms with E-state index >= 15 is 0 Å². The van der Waals surface area contributed by atoms with E-state index in [1.54, 1.807) is 4.90 Å². The molecule has 1 heterocycles. The standard InChI is InChI=1S/C13H23F3N2O2/c1-3-17-11-4-6-18(8-10(11)2)12(19)5-7-20-9-13(14,15)16/h10-11,17H,3-9H2,1-2H3. The molecule has 0 bridgehead atoms. The molecule has 1 N–H and O–H groups in total. The van der Waals surface area contributed by atoms with Gasteiger partial charge in [-0.1, -0.05) is 13.8 Å². The van der Waals surface area contributed by atoms with Crippen molar-refractivity contribution in [3.63, 3.8) is 0 Å². The van der Waals surface area contributed by atoms with Crippen LogP contribution in [0.2, 0.25) is 0 Å². The molecule has 1 aliphatic rings. The predicted octanol–water partition coefficient (Wildman–Crippen LogP) is 1.80. The van der Waals surface area contributed by atoms with Gasteiger partial charge in [-0.2, -0.15) is 13.2 Å². The molecule has 1 fully saturated rings. The minimum Gasteiger partial charge on any atom is -0.372 e. The lowest BCUT2D eigenvalue weighted by molar-refractivity contribution is -0.175. The first-order valence-electron chi connectivity index (χ1n) is 6.99. The number of hydrogen-bond donors (Lipinski definition) is 1. The molecule has 20 heavy (non-hydrogen) atoms. The second kappa shape index (κ2) is 7.83. The summed E-state index contributed by atoms with van der Waals surface area (Å²) in [6, 6.07) is 0.408. The molecular weight excluding hydrogens is 273 g/mol. The van der Waals surface area contributed by atoms with Crippen LogP contribution in [-0.2, 0) is 9.53 Å². The topological polar surface area (TPSA) is 41.6 Å². The maximum absolute atomic E-state index is 11.9. The number of piperidine rings is 1. The van der Waals surface area contributed by atoms with E-state index < -0.39 is 12.8 Å². The second-order valence-electron chi connectivity index (χ2n) is 5.19. The number of carbonyl (C=O) groups is 1. The number of hydrogen-bond acceptors (Lipinski definition) is 3. The van der Waals surface area contributed by atoms with Gasteiger partial charge in [0.1, 0.15) is 6.61 Å². The molecule has 1 amide bonds. The van der Waals surface area contributed by atoms with Crippen LogP contribution < -0.4 is 5.32 Å². The number of likely N-dealkylation sites (tertiary alicyclic amines) is 1. The normalized spacial score (nSPS) is 23.9. The van der Waals surface area contributed by atoms with Gasteiger partial charge < -0.3 is 15.0 Å². The molecule has 1 aliphatic heterocycles. The Bertz CT molecular complexity index is 310. The first-order valence-corrected chi connectivity index (χ1v) is 6.99. The highest BCUT2D eigenvalue weighted by Crippen LogP contribution is 2.18. The van der Waals surface area contributed by atoms with Crippen molar-refractivity contribution in [1.29, 1.82) is 0 Å². The van der Waals surface area contributed by atoms with Gasteiger partial charge in [0.05, 0.1) is 13.0 Å². The van der Waals surface area contributed by atoms with E-state index in [4.69, 9.17) is 0 Å². The van der Waals surface area contributed by atoms with E-state index in [0.717, 1.165) is 13.0 Å². The Balaban J connectivity index is 2.24. The van der Waals surface area contributed by atoms with E-state index in [1.807, 2.05) is 6.92 Å².